The molecule has 0 unspecified atom stereocenters. The van der Waals surface area contributed by atoms with Gasteiger partial charge in [-0.3, -0.25) is 4.79 Å². The van der Waals surface area contributed by atoms with Gasteiger partial charge in [0, 0.05) is 37.8 Å². The minimum Gasteiger partial charge on any atom is -0.462 e. The number of halogens is 2. The first-order chi connectivity index (χ1) is 20.3. The van der Waals surface area contributed by atoms with E-state index in [4.69, 9.17) is 14.7 Å². The van der Waals surface area contributed by atoms with Gasteiger partial charge in [-0.25, -0.2) is 8.78 Å². The molecule has 3 aliphatic rings. The number of hydrogen-bond donors (Lipinski definition) is 0. The number of likely N-dealkylation sites (N-methyl/N-ethyl adjacent to an activating group) is 1. The van der Waals surface area contributed by atoms with Crippen LogP contribution in [-0.4, -0.2) is 84.1 Å². The highest BCUT2D eigenvalue weighted by molar-refractivity contribution is 7.17. The maximum absolute atomic E-state index is 15.2. The van der Waals surface area contributed by atoms with Crippen molar-refractivity contribution in [2.45, 2.75) is 44.3 Å². The van der Waals surface area contributed by atoms with Gasteiger partial charge < -0.3 is 24.3 Å². The van der Waals surface area contributed by atoms with Crippen LogP contribution in [0.4, 0.5) is 20.3 Å². The fourth-order valence-corrected chi connectivity index (χ4v) is 7.27. The van der Waals surface area contributed by atoms with Gasteiger partial charge in [0.15, 0.2) is 5.83 Å². The van der Waals surface area contributed by atoms with E-state index in [-0.39, 0.29) is 30.8 Å². The lowest BCUT2D eigenvalue weighted by atomic mass is 10.0. The predicted octanol–water partition coefficient (Wildman–Crippen LogP) is 4.28. The van der Waals surface area contributed by atoms with Crippen molar-refractivity contribution in [2.24, 2.45) is 0 Å². The second kappa shape index (κ2) is 11.8. The Morgan fingerprint density at radius 3 is 2.81 bits per heavy atom. The molecule has 1 aromatic carbocycles. The Bertz CT molecular complexity index is 1560. The molecule has 220 valence electrons. The van der Waals surface area contributed by atoms with Crippen LogP contribution in [0.25, 0.3) is 10.1 Å². The van der Waals surface area contributed by atoms with Gasteiger partial charge >= 0.3 is 6.01 Å². The fraction of sp³-hybridized carbons (Fsp3) is 0.467. The molecule has 9 nitrogen and oxygen atoms in total. The molecule has 2 atom stereocenters. The molecular weight excluding hydrogens is 560 g/mol. The second-order valence-corrected chi connectivity index (χ2v) is 12.0. The zero-order valence-electron chi connectivity index (χ0n) is 23.6. The molecule has 3 aliphatic heterocycles. The van der Waals surface area contributed by atoms with Crippen LogP contribution in [0.1, 0.15) is 30.5 Å². The third kappa shape index (κ3) is 5.39. The topological polar surface area (TPSA) is 88.8 Å². The summed E-state index contributed by atoms with van der Waals surface area (Å²) < 4.78 is 36.1. The number of fused-ring (bicyclic) bond motifs is 2. The van der Waals surface area contributed by atoms with Gasteiger partial charge in [0.25, 0.3) is 5.91 Å². The molecule has 5 heterocycles. The molecule has 0 bridgehead atoms. The number of benzene rings is 1. The average Bonchev–Trinajstić information content (AvgIpc) is 3.63. The molecule has 1 amide bonds. The molecule has 3 aromatic rings. The summed E-state index contributed by atoms with van der Waals surface area (Å²) >= 11 is 1.52. The first kappa shape index (κ1) is 28.3. The van der Waals surface area contributed by atoms with E-state index >= 15 is 4.39 Å². The Morgan fingerprint density at radius 1 is 1.19 bits per heavy atom. The summed E-state index contributed by atoms with van der Waals surface area (Å²) in [6.07, 6.45) is 2.79. The maximum Gasteiger partial charge on any atom is 0.318 e. The van der Waals surface area contributed by atoms with E-state index in [1.165, 1.54) is 22.3 Å². The number of nitrogens with zero attached hydrogens (tertiary/aromatic N) is 7. The molecule has 0 N–H and O–H groups in total. The minimum absolute atomic E-state index is 0.0536. The molecule has 12 heteroatoms. The van der Waals surface area contributed by atoms with Gasteiger partial charge in [0.2, 0.25) is 0 Å². The summed E-state index contributed by atoms with van der Waals surface area (Å²) in [4.78, 5) is 29.9. The average molecular weight is 594 g/mol. The highest BCUT2D eigenvalue weighted by Crippen LogP contribution is 2.38. The number of aromatic nitrogens is 2. The zero-order valence-corrected chi connectivity index (χ0v) is 24.4. The summed E-state index contributed by atoms with van der Waals surface area (Å²) in [5, 5.41) is 12.4. The smallest absolute Gasteiger partial charge is 0.318 e. The van der Waals surface area contributed by atoms with Crippen LogP contribution in [0.3, 0.4) is 0 Å². The van der Waals surface area contributed by atoms with Gasteiger partial charge in [-0.1, -0.05) is 12.6 Å². The molecular formula is C30H33F2N7O2S. The van der Waals surface area contributed by atoms with Crippen molar-refractivity contribution in [2.75, 3.05) is 56.2 Å². The number of thiophene rings is 1. The van der Waals surface area contributed by atoms with Gasteiger partial charge in [0.05, 0.1) is 41.2 Å². The van der Waals surface area contributed by atoms with Crippen LogP contribution in [0.5, 0.6) is 6.01 Å². The summed E-state index contributed by atoms with van der Waals surface area (Å²) in [6, 6.07) is 7.45. The number of carbonyl (C=O) groups excluding carboxylic acids is 1. The van der Waals surface area contributed by atoms with Gasteiger partial charge in [-0.05, 0) is 55.8 Å². The number of anilines is 2. The quantitative estimate of drug-likeness (QED) is 0.375. The number of rotatable bonds is 7. The Morgan fingerprint density at radius 2 is 2.05 bits per heavy atom. The number of ether oxygens (including phenoxy) is 1. The second-order valence-electron chi connectivity index (χ2n) is 11.1. The third-order valence-corrected chi connectivity index (χ3v) is 9.50. The van der Waals surface area contributed by atoms with E-state index < -0.39 is 17.8 Å². The van der Waals surface area contributed by atoms with Crippen molar-refractivity contribution >= 4 is 38.8 Å². The molecule has 0 spiro atoms. The van der Waals surface area contributed by atoms with Crippen molar-refractivity contribution in [3.05, 3.63) is 53.1 Å². The van der Waals surface area contributed by atoms with E-state index in [0.29, 0.717) is 50.7 Å². The number of likely N-dealkylation sites (tertiary alicyclic amines) is 1. The van der Waals surface area contributed by atoms with Crippen LogP contribution >= 0.6 is 11.3 Å². The number of amides is 1. The highest BCUT2D eigenvalue weighted by Gasteiger charge is 2.35. The Balaban J connectivity index is 1.33. The summed E-state index contributed by atoms with van der Waals surface area (Å²) in [7, 11) is 2.08. The Hall–Kier alpha value is -3.82. The van der Waals surface area contributed by atoms with Crippen LogP contribution in [0.2, 0.25) is 0 Å². The first-order valence-electron chi connectivity index (χ1n) is 14.2. The van der Waals surface area contributed by atoms with E-state index in [2.05, 4.69) is 24.6 Å². The molecule has 42 heavy (non-hydrogen) atoms. The zero-order chi connectivity index (χ0) is 29.4. The van der Waals surface area contributed by atoms with Crippen LogP contribution in [0.15, 0.2) is 36.0 Å². The maximum atomic E-state index is 15.2. The number of piperazine rings is 1. The lowest BCUT2D eigenvalue weighted by molar-refractivity contribution is -0.131. The largest absolute Gasteiger partial charge is 0.462 e. The molecule has 0 saturated carbocycles. The fourth-order valence-electron chi connectivity index (χ4n) is 6.30. The molecule has 2 fully saturated rings. The standard InChI is InChI=1S/C30H33F2N7O2S/c1-19(31)29(40)39-14-13-38(16-21(39)7-10-33)28-23-8-12-37(26-24(32)6-5-20-9-15-42-27(20)26)17-25(23)34-30(35-28)41-18-22-4-3-11-36(22)2/h5-6,9,15,21-22H,1,3-4,7-8,11-14,16-18H2,2H3/t21-,22-/m0/s1. The van der Waals surface area contributed by atoms with Crippen molar-refractivity contribution in [1.82, 2.24) is 19.8 Å². The molecule has 2 saturated heterocycles. The number of nitriles is 1. The normalized spacial score (nSPS) is 21.0. The van der Waals surface area contributed by atoms with Gasteiger partial charge in [-0.2, -0.15) is 15.2 Å². The Labute approximate surface area is 247 Å². The number of hydrogen-bond acceptors (Lipinski definition) is 9. The van der Waals surface area contributed by atoms with Gasteiger partial charge in [-0.15, -0.1) is 11.3 Å². The van der Waals surface area contributed by atoms with Crippen molar-refractivity contribution in [3.63, 3.8) is 0 Å². The van der Waals surface area contributed by atoms with Crippen LogP contribution < -0.4 is 14.5 Å². The van der Waals surface area contributed by atoms with Crippen molar-refractivity contribution < 1.29 is 18.3 Å². The Kier molecular flexibility index (Phi) is 7.96. The number of carbonyl (C=O) groups is 1. The van der Waals surface area contributed by atoms with E-state index in [1.54, 1.807) is 6.07 Å². The highest BCUT2D eigenvalue weighted by atomic mass is 32.1. The molecule has 6 rings (SSSR count). The monoisotopic (exact) mass is 593 g/mol. The molecule has 2 aromatic heterocycles. The summed E-state index contributed by atoms with van der Waals surface area (Å²) in [5.41, 5.74) is 2.29. The molecule has 0 aliphatic carbocycles. The lowest BCUT2D eigenvalue weighted by Crippen LogP contribution is -2.55. The summed E-state index contributed by atoms with van der Waals surface area (Å²) in [6.45, 7) is 6.55. The minimum atomic E-state index is -1.04. The third-order valence-electron chi connectivity index (χ3n) is 8.56. The lowest BCUT2D eigenvalue weighted by Gasteiger charge is -2.42. The van der Waals surface area contributed by atoms with E-state index in [0.717, 1.165) is 40.7 Å². The van der Waals surface area contributed by atoms with Crippen molar-refractivity contribution in [1.29, 1.82) is 5.26 Å². The SMILES string of the molecule is C=C(F)C(=O)N1CCN(c2nc(OC[C@@H]3CCCN3C)nc3c2CCN(c2c(F)ccc4ccsc24)C3)C[C@@H]1CC#N. The first-order valence-corrected chi connectivity index (χ1v) is 15.1. The van der Waals surface area contributed by atoms with Gasteiger partial charge in [0.1, 0.15) is 18.2 Å². The van der Waals surface area contributed by atoms with E-state index in [9.17, 15) is 14.4 Å². The molecule has 0 radical (unpaired) electrons. The van der Waals surface area contributed by atoms with Crippen LogP contribution in [-0.2, 0) is 17.8 Å². The van der Waals surface area contributed by atoms with Crippen LogP contribution in [0, 0.1) is 17.1 Å². The summed E-state index contributed by atoms with van der Waals surface area (Å²) in [5.74, 6) is -1.40. The predicted molar refractivity (Wildman–Crippen MR) is 158 cm³/mol. The van der Waals surface area contributed by atoms with E-state index in [1.807, 2.05) is 21.2 Å². The van der Waals surface area contributed by atoms with Crippen molar-refractivity contribution in [3.8, 4) is 12.1 Å².